The molecular formula is C16H19N3O2. The van der Waals surface area contributed by atoms with Crippen molar-refractivity contribution in [3.05, 3.63) is 48.0 Å². The number of nitrogens with one attached hydrogen (secondary N) is 1. The van der Waals surface area contributed by atoms with Gasteiger partial charge in [-0.2, -0.15) is 0 Å². The van der Waals surface area contributed by atoms with Crippen molar-refractivity contribution in [3.8, 4) is 11.5 Å². The van der Waals surface area contributed by atoms with Crippen LogP contribution in [-0.4, -0.2) is 29.7 Å². The van der Waals surface area contributed by atoms with Crippen molar-refractivity contribution >= 4 is 0 Å². The molecule has 3 rings (SSSR count). The molecule has 5 nitrogen and oxygen atoms in total. The Bertz CT molecular complexity index is 589. The fourth-order valence-corrected chi connectivity index (χ4v) is 2.39. The van der Waals surface area contributed by atoms with Gasteiger partial charge in [0.25, 0.3) is 0 Å². The summed E-state index contributed by atoms with van der Waals surface area (Å²) in [5.74, 6) is 1.61. The quantitative estimate of drug-likeness (QED) is 0.913. The molecule has 0 amide bonds. The second kappa shape index (κ2) is 6.54. The molecule has 0 spiro atoms. The number of fused-ring (bicyclic) bond motifs is 1. The van der Waals surface area contributed by atoms with E-state index in [9.17, 15) is 0 Å². The van der Waals surface area contributed by atoms with Crippen LogP contribution in [0.2, 0.25) is 0 Å². The Labute approximate surface area is 124 Å². The van der Waals surface area contributed by atoms with Crippen LogP contribution in [0.25, 0.3) is 0 Å². The minimum absolute atomic E-state index is 0.0313. The first-order valence-electron chi connectivity index (χ1n) is 7.27. The zero-order valence-corrected chi connectivity index (χ0v) is 12.1. The molecule has 2 aromatic rings. The molecule has 1 aromatic heterocycles. The Kier molecular flexibility index (Phi) is 4.31. The Balaban J connectivity index is 1.92. The van der Waals surface area contributed by atoms with Gasteiger partial charge < -0.3 is 14.8 Å². The van der Waals surface area contributed by atoms with E-state index in [4.69, 9.17) is 9.47 Å². The standard InChI is InChI=1S/C16H19N3O2/c1-2-6-18-16(13-5-7-17-11-19-13)12-3-4-14-15(10-12)21-9-8-20-14/h3-5,7,10-11,16,18H,2,6,8-9H2,1H3. The maximum absolute atomic E-state index is 5.67. The lowest BCUT2D eigenvalue weighted by atomic mass is 10.0. The van der Waals surface area contributed by atoms with E-state index in [-0.39, 0.29) is 6.04 Å². The summed E-state index contributed by atoms with van der Waals surface area (Å²) in [7, 11) is 0. The van der Waals surface area contributed by atoms with E-state index in [1.54, 1.807) is 12.5 Å². The first-order chi connectivity index (χ1) is 10.4. The third-order valence-corrected chi connectivity index (χ3v) is 3.40. The molecule has 5 heteroatoms. The lowest BCUT2D eigenvalue weighted by Crippen LogP contribution is -2.24. The highest BCUT2D eigenvalue weighted by molar-refractivity contribution is 5.46. The summed E-state index contributed by atoms with van der Waals surface area (Å²) in [4.78, 5) is 8.36. The van der Waals surface area contributed by atoms with E-state index in [1.165, 1.54) is 0 Å². The minimum Gasteiger partial charge on any atom is -0.486 e. The molecule has 1 atom stereocenters. The Hall–Kier alpha value is -2.14. The van der Waals surface area contributed by atoms with E-state index in [1.807, 2.05) is 18.2 Å². The molecule has 1 aliphatic rings. The summed E-state index contributed by atoms with van der Waals surface area (Å²) < 4.78 is 11.2. The first kappa shape index (κ1) is 13.8. The predicted octanol–water partition coefficient (Wildman–Crippen LogP) is 2.34. The Morgan fingerprint density at radius 3 is 2.81 bits per heavy atom. The number of ether oxygens (including phenoxy) is 2. The monoisotopic (exact) mass is 285 g/mol. The third kappa shape index (κ3) is 3.13. The van der Waals surface area contributed by atoms with E-state index in [2.05, 4.69) is 28.3 Å². The topological polar surface area (TPSA) is 56.3 Å². The highest BCUT2D eigenvalue weighted by Gasteiger charge is 2.18. The number of hydrogen-bond acceptors (Lipinski definition) is 5. The summed E-state index contributed by atoms with van der Waals surface area (Å²) in [6, 6.07) is 8.02. The Morgan fingerprint density at radius 1 is 1.19 bits per heavy atom. The van der Waals surface area contributed by atoms with Crippen LogP contribution < -0.4 is 14.8 Å². The highest BCUT2D eigenvalue weighted by atomic mass is 16.6. The van der Waals surface area contributed by atoms with Crippen LogP contribution in [0.1, 0.15) is 30.6 Å². The molecule has 1 unspecified atom stereocenters. The van der Waals surface area contributed by atoms with Crippen LogP contribution in [0.15, 0.2) is 36.8 Å². The van der Waals surface area contributed by atoms with Crippen LogP contribution in [0.3, 0.4) is 0 Å². The van der Waals surface area contributed by atoms with Crippen LogP contribution in [-0.2, 0) is 0 Å². The molecule has 1 aliphatic heterocycles. The first-order valence-corrected chi connectivity index (χ1v) is 7.27. The molecule has 0 fully saturated rings. The molecule has 0 aliphatic carbocycles. The summed E-state index contributed by atoms with van der Waals surface area (Å²) in [5, 5.41) is 3.52. The van der Waals surface area contributed by atoms with Gasteiger partial charge in [0, 0.05) is 6.20 Å². The molecule has 21 heavy (non-hydrogen) atoms. The summed E-state index contributed by atoms with van der Waals surface area (Å²) in [5.41, 5.74) is 2.07. The van der Waals surface area contributed by atoms with Crippen molar-refractivity contribution in [2.24, 2.45) is 0 Å². The third-order valence-electron chi connectivity index (χ3n) is 3.40. The van der Waals surface area contributed by atoms with Gasteiger partial charge in [-0.15, -0.1) is 0 Å². The van der Waals surface area contributed by atoms with Crippen molar-refractivity contribution < 1.29 is 9.47 Å². The number of nitrogens with zero attached hydrogens (tertiary/aromatic N) is 2. The molecule has 1 N–H and O–H groups in total. The minimum atomic E-state index is 0.0313. The summed E-state index contributed by atoms with van der Waals surface area (Å²) >= 11 is 0. The van der Waals surface area contributed by atoms with Crippen molar-refractivity contribution in [2.45, 2.75) is 19.4 Å². The zero-order chi connectivity index (χ0) is 14.5. The summed E-state index contributed by atoms with van der Waals surface area (Å²) in [6.45, 7) is 4.27. The molecular weight excluding hydrogens is 266 g/mol. The Morgan fingerprint density at radius 2 is 2.05 bits per heavy atom. The van der Waals surface area contributed by atoms with E-state index in [0.29, 0.717) is 13.2 Å². The highest BCUT2D eigenvalue weighted by Crippen LogP contribution is 2.33. The van der Waals surface area contributed by atoms with Crippen molar-refractivity contribution in [2.75, 3.05) is 19.8 Å². The number of rotatable bonds is 5. The lowest BCUT2D eigenvalue weighted by Gasteiger charge is -2.22. The molecule has 2 heterocycles. The van der Waals surface area contributed by atoms with Crippen molar-refractivity contribution in [1.29, 1.82) is 0 Å². The molecule has 0 bridgehead atoms. The number of hydrogen-bond donors (Lipinski definition) is 1. The SMILES string of the molecule is CCCNC(c1ccc2c(c1)OCCO2)c1ccncn1. The molecule has 0 saturated heterocycles. The molecule has 1 aromatic carbocycles. The van der Waals surface area contributed by atoms with Gasteiger partial charge in [0.15, 0.2) is 11.5 Å². The van der Waals surface area contributed by atoms with Crippen molar-refractivity contribution in [3.63, 3.8) is 0 Å². The number of benzene rings is 1. The molecule has 110 valence electrons. The van der Waals surface area contributed by atoms with E-state index in [0.717, 1.165) is 35.7 Å². The second-order valence-corrected chi connectivity index (χ2v) is 4.92. The fraction of sp³-hybridized carbons (Fsp3) is 0.375. The number of aromatic nitrogens is 2. The lowest BCUT2D eigenvalue weighted by molar-refractivity contribution is 0.171. The van der Waals surface area contributed by atoms with Gasteiger partial charge in [-0.25, -0.2) is 9.97 Å². The normalized spacial score (nSPS) is 14.7. The van der Waals surface area contributed by atoms with Crippen LogP contribution in [0, 0.1) is 0 Å². The van der Waals surface area contributed by atoms with Gasteiger partial charge in [0.05, 0.1) is 11.7 Å². The van der Waals surface area contributed by atoms with Gasteiger partial charge in [-0.05, 0) is 36.7 Å². The van der Waals surface area contributed by atoms with Crippen molar-refractivity contribution in [1.82, 2.24) is 15.3 Å². The average Bonchev–Trinajstić information content (AvgIpc) is 2.56. The second-order valence-electron chi connectivity index (χ2n) is 4.92. The van der Waals surface area contributed by atoms with Crippen LogP contribution in [0.4, 0.5) is 0 Å². The fourth-order valence-electron chi connectivity index (χ4n) is 2.39. The van der Waals surface area contributed by atoms with Gasteiger partial charge in [-0.3, -0.25) is 0 Å². The van der Waals surface area contributed by atoms with Gasteiger partial charge in [0.2, 0.25) is 0 Å². The van der Waals surface area contributed by atoms with E-state index >= 15 is 0 Å². The zero-order valence-electron chi connectivity index (χ0n) is 12.1. The molecule has 0 radical (unpaired) electrons. The van der Waals surface area contributed by atoms with Crippen LogP contribution >= 0.6 is 0 Å². The van der Waals surface area contributed by atoms with Gasteiger partial charge >= 0.3 is 0 Å². The van der Waals surface area contributed by atoms with E-state index < -0.39 is 0 Å². The van der Waals surface area contributed by atoms with Crippen LogP contribution in [0.5, 0.6) is 11.5 Å². The summed E-state index contributed by atoms with van der Waals surface area (Å²) in [6.07, 6.45) is 4.40. The molecule has 0 saturated carbocycles. The largest absolute Gasteiger partial charge is 0.486 e. The maximum Gasteiger partial charge on any atom is 0.161 e. The smallest absolute Gasteiger partial charge is 0.161 e. The maximum atomic E-state index is 5.67. The average molecular weight is 285 g/mol. The van der Waals surface area contributed by atoms with Gasteiger partial charge in [0.1, 0.15) is 19.5 Å². The predicted molar refractivity (Wildman–Crippen MR) is 79.6 cm³/mol. The van der Waals surface area contributed by atoms with Gasteiger partial charge in [-0.1, -0.05) is 13.0 Å².